The standard InChI is InChI=1S/C36H38N2O3/c1-21(2)19-23-15-17-24(18-16-23)32(39)30-31(33(40)35(4,5)6)38-28-14-10-7-11-25(28)22(3)20-29(38)36(30)26-12-8-9-13-27(26)37-34(36)41/h7-18,20-21,29-31H,19H2,1-6H3,(H,37,41)/t29-,30-,31+,36-/m0/s1. The summed E-state index contributed by atoms with van der Waals surface area (Å²) in [4.78, 5) is 46.0. The Morgan fingerprint density at radius 3 is 2.29 bits per heavy atom. The summed E-state index contributed by atoms with van der Waals surface area (Å²) in [5, 5.41) is 3.11. The Labute approximate surface area is 242 Å². The lowest BCUT2D eigenvalue weighted by atomic mass is 9.63. The molecular formula is C36H38N2O3. The molecule has 0 aliphatic carbocycles. The molecule has 3 heterocycles. The summed E-state index contributed by atoms with van der Waals surface area (Å²) in [6.45, 7) is 12.1. The van der Waals surface area contributed by atoms with Crippen molar-refractivity contribution in [2.24, 2.45) is 17.3 Å². The molecule has 210 valence electrons. The highest BCUT2D eigenvalue weighted by Gasteiger charge is 2.71. The highest BCUT2D eigenvalue weighted by molar-refractivity contribution is 6.17. The van der Waals surface area contributed by atoms with Gasteiger partial charge in [0.1, 0.15) is 11.5 Å². The van der Waals surface area contributed by atoms with E-state index in [0.717, 1.165) is 34.4 Å². The number of allylic oxidation sites excluding steroid dienone is 1. The number of hydrogen-bond acceptors (Lipinski definition) is 4. The molecule has 6 rings (SSSR count). The zero-order chi connectivity index (χ0) is 29.3. The molecule has 3 aromatic carbocycles. The third-order valence-corrected chi connectivity index (χ3v) is 9.06. The second kappa shape index (κ2) is 9.54. The van der Waals surface area contributed by atoms with Crippen molar-refractivity contribution in [3.63, 3.8) is 0 Å². The van der Waals surface area contributed by atoms with E-state index in [9.17, 15) is 14.4 Å². The predicted molar refractivity (Wildman–Crippen MR) is 164 cm³/mol. The smallest absolute Gasteiger partial charge is 0.238 e. The number of ketones is 2. The van der Waals surface area contributed by atoms with E-state index in [0.29, 0.717) is 17.2 Å². The van der Waals surface area contributed by atoms with E-state index in [1.165, 1.54) is 0 Å². The van der Waals surface area contributed by atoms with Gasteiger partial charge in [-0.15, -0.1) is 0 Å². The molecule has 1 spiro atoms. The van der Waals surface area contributed by atoms with Gasteiger partial charge in [0.25, 0.3) is 0 Å². The van der Waals surface area contributed by atoms with Crippen molar-refractivity contribution in [2.45, 2.75) is 65.5 Å². The minimum Gasteiger partial charge on any atom is -0.352 e. The zero-order valence-corrected chi connectivity index (χ0v) is 24.7. The SMILES string of the molecule is CC1=C[C@@H]2N(c3ccccc31)[C@@H](C(=O)C(C)(C)C)[C@@H](C(=O)c1ccc(CC(C)C)cc1)[C@@]21C(=O)Nc2ccccc21. The maximum atomic E-state index is 14.9. The van der Waals surface area contributed by atoms with Crippen LogP contribution in [0.25, 0.3) is 5.57 Å². The van der Waals surface area contributed by atoms with Crippen LogP contribution in [0.5, 0.6) is 0 Å². The van der Waals surface area contributed by atoms with Gasteiger partial charge >= 0.3 is 0 Å². The first-order valence-corrected chi connectivity index (χ1v) is 14.6. The second-order valence-electron chi connectivity index (χ2n) is 13.3. The van der Waals surface area contributed by atoms with Crippen LogP contribution in [0.3, 0.4) is 0 Å². The lowest BCUT2D eigenvalue weighted by molar-refractivity contribution is -0.128. The summed E-state index contributed by atoms with van der Waals surface area (Å²) >= 11 is 0. The minimum absolute atomic E-state index is 0.0471. The summed E-state index contributed by atoms with van der Waals surface area (Å²) in [7, 11) is 0. The van der Waals surface area contributed by atoms with Gasteiger partial charge in [-0.3, -0.25) is 14.4 Å². The zero-order valence-electron chi connectivity index (χ0n) is 24.7. The molecule has 0 bridgehead atoms. The van der Waals surface area contributed by atoms with Crippen LogP contribution in [0.15, 0.2) is 78.9 Å². The van der Waals surface area contributed by atoms with Crippen LogP contribution in [0.2, 0.25) is 0 Å². The third kappa shape index (κ3) is 4.00. The fourth-order valence-electron chi connectivity index (χ4n) is 7.29. The van der Waals surface area contributed by atoms with Crippen molar-refractivity contribution >= 4 is 34.4 Å². The van der Waals surface area contributed by atoms with Crippen LogP contribution < -0.4 is 10.2 Å². The lowest BCUT2D eigenvalue weighted by Crippen LogP contribution is -2.51. The number of fused-ring (bicyclic) bond motifs is 6. The second-order valence-corrected chi connectivity index (χ2v) is 13.3. The molecular weight excluding hydrogens is 508 g/mol. The van der Waals surface area contributed by atoms with Crippen molar-refractivity contribution in [3.05, 3.63) is 101 Å². The molecule has 0 radical (unpaired) electrons. The van der Waals surface area contributed by atoms with E-state index in [-0.39, 0.29) is 17.5 Å². The largest absolute Gasteiger partial charge is 0.352 e. The molecule has 3 aliphatic heterocycles. The molecule has 5 heteroatoms. The number of anilines is 2. The number of amides is 1. The van der Waals surface area contributed by atoms with Crippen molar-refractivity contribution in [3.8, 4) is 0 Å². The summed E-state index contributed by atoms with van der Waals surface area (Å²) in [5.41, 5.74) is 4.10. The monoisotopic (exact) mass is 546 g/mol. The number of Topliss-reactive ketones (excluding diaryl/α,β-unsaturated/α-hetero) is 2. The average molecular weight is 547 g/mol. The van der Waals surface area contributed by atoms with Crippen LogP contribution in [0.1, 0.15) is 68.6 Å². The van der Waals surface area contributed by atoms with Crippen LogP contribution in [0, 0.1) is 17.3 Å². The Balaban J connectivity index is 1.63. The van der Waals surface area contributed by atoms with E-state index in [1.807, 2.05) is 100 Å². The van der Waals surface area contributed by atoms with Gasteiger partial charge in [0.05, 0.1) is 12.0 Å². The highest BCUT2D eigenvalue weighted by atomic mass is 16.2. The molecule has 0 saturated carbocycles. The van der Waals surface area contributed by atoms with Crippen molar-refractivity contribution in [1.82, 2.24) is 0 Å². The van der Waals surface area contributed by atoms with Crippen molar-refractivity contribution in [2.75, 3.05) is 10.2 Å². The van der Waals surface area contributed by atoms with Crippen molar-refractivity contribution < 1.29 is 14.4 Å². The Hall–Kier alpha value is -3.99. The topological polar surface area (TPSA) is 66.5 Å². The first kappa shape index (κ1) is 27.2. The fraction of sp³-hybridized carbons (Fsp3) is 0.361. The first-order valence-electron chi connectivity index (χ1n) is 14.6. The molecule has 41 heavy (non-hydrogen) atoms. The van der Waals surface area contributed by atoms with Crippen LogP contribution in [-0.2, 0) is 21.4 Å². The summed E-state index contributed by atoms with van der Waals surface area (Å²) in [6.07, 6.45) is 3.02. The predicted octanol–water partition coefficient (Wildman–Crippen LogP) is 6.86. The molecule has 3 aliphatic rings. The molecule has 1 saturated heterocycles. The molecule has 0 unspecified atom stereocenters. The quantitative estimate of drug-likeness (QED) is 0.355. The van der Waals surface area contributed by atoms with E-state index in [1.54, 1.807) is 0 Å². The Morgan fingerprint density at radius 2 is 1.61 bits per heavy atom. The maximum absolute atomic E-state index is 14.9. The number of rotatable bonds is 5. The molecule has 1 amide bonds. The number of nitrogens with one attached hydrogen (secondary N) is 1. The van der Waals surface area contributed by atoms with Crippen LogP contribution in [-0.4, -0.2) is 29.6 Å². The van der Waals surface area contributed by atoms with E-state index >= 15 is 0 Å². The van der Waals surface area contributed by atoms with Gasteiger partial charge in [-0.1, -0.05) is 101 Å². The number of para-hydroxylation sites is 2. The van der Waals surface area contributed by atoms with Gasteiger partial charge in [0.2, 0.25) is 5.91 Å². The number of hydrogen-bond donors (Lipinski definition) is 1. The molecule has 1 fully saturated rings. The van der Waals surface area contributed by atoms with Gasteiger partial charge in [0, 0.05) is 27.9 Å². The van der Waals surface area contributed by atoms with Crippen LogP contribution >= 0.6 is 0 Å². The summed E-state index contributed by atoms with van der Waals surface area (Å²) < 4.78 is 0. The normalized spacial score (nSPS) is 24.6. The Bertz CT molecular complexity index is 1590. The van der Waals surface area contributed by atoms with Gasteiger partial charge in [0.15, 0.2) is 11.6 Å². The van der Waals surface area contributed by atoms with Gasteiger partial charge in [-0.05, 0) is 48.1 Å². The fourth-order valence-corrected chi connectivity index (χ4v) is 7.29. The Kier molecular flexibility index (Phi) is 6.33. The molecule has 3 aromatic rings. The minimum atomic E-state index is -1.27. The number of carbonyl (C=O) groups excluding carboxylic acids is 3. The first-order chi connectivity index (χ1) is 19.5. The Morgan fingerprint density at radius 1 is 0.951 bits per heavy atom. The van der Waals surface area contributed by atoms with E-state index < -0.39 is 28.8 Å². The third-order valence-electron chi connectivity index (χ3n) is 9.06. The van der Waals surface area contributed by atoms with Gasteiger partial charge in [-0.25, -0.2) is 0 Å². The average Bonchev–Trinajstić information content (AvgIpc) is 3.40. The summed E-state index contributed by atoms with van der Waals surface area (Å²) in [6, 6.07) is 22.1. The number of carbonyl (C=O) groups is 3. The molecule has 5 nitrogen and oxygen atoms in total. The van der Waals surface area contributed by atoms with Crippen LogP contribution in [0.4, 0.5) is 11.4 Å². The number of nitrogens with zero attached hydrogens (tertiary/aromatic N) is 1. The molecule has 0 aromatic heterocycles. The van der Waals surface area contributed by atoms with E-state index in [2.05, 4.69) is 30.1 Å². The highest BCUT2D eigenvalue weighted by Crippen LogP contribution is 2.59. The lowest BCUT2D eigenvalue weighted by Gasteiger charge is -2.39. The molecule has 4 atom stereocenters. The van der Waals surface area contributed by atoms with Crippen molar-refractivity contribution in [1.29, 1.82) is 0 Å². The van der Waals surface area contributed by atoms with Gasteiger partial charge < -0.3 is 10.2 Å². The van der Waals surface area contributed by atoms with Gasteiger partial charge in [-0.2, -0.15) is 0 Å². The molecule has 1 N–H and O–H groups in total. The summed E-state index contributed by atoms with van der Waals surface area (Å²) in [5.74, 6) is -0.874. The van der Waals surface area contributed by atoms with E-state index in [4.69, 9.17) is 0 Å². The maximum Gasteiger partial charge on any atom is 0.238 e. The number of benzene rings is 3.